The number of aromatic amines is 1. The molecule has 1 spiro atoms. The van der Waals surface area contributed by atoms with Crippen LogP contribution in [0.1, 0.15) is 67.1 Å². The third kappa shape index (κ3) is 4.08. The maximum atomic E-state index is 14.1. The highest BCUT2D eigenvalue weighted by atomic mass is 16.2. The predicted octanol–water partition coefficient (Wildman–Crippen LogP) is 4.55. The summed E-state index contributed by atoms with van der Waals surface area (Å²) >= 11 is 0. The molecule has 1 saturated carbocycles. The molecule has 2 fully saturated rings. The number of benzene rings is 2. The zero-order valence-electron chi connectivity index (χ0n) is 22.5. The van der Waals surface area contributed by atoms with Gasteiger partial charge in [-0.2, -0.15) is 5.26 Å². The van der Waals surface area contributed by atoms with Crippen LogP contribution in [-0.2, 0) is 15.0 Å². The lowest BCUT2D eigenvalue weighted by Crippen LogP contribution is -2.52. The summed E-state index contributed by atoms with van der Waals surface area (Å²) in [6, 6.07) is 16.2. The first-order valence-corrected chi connectivity index (χ1v) is 13.7. The van der Waals surface area contributed by atoms with Crippen LogP contribution in [0.4, 0.5) is 5.69 Å². The van der Waals surface area contributed by atoms with E-state index in [-0.39, 0.29) is 36.6 Å². The lowest BCUT2D eigenvalue weighted by atomic mass is 9.80. The smallest absolute Gasteiger partial charge is 0.270 e. The van der Waals surface area contributed by atoms with E-state index in [1.807, 2.05) is 56.3 Å². The molecular formula is C31H33N5O3. The molecule has 8 heteroatoms. The van der Waals surface area contributed by atoms with E-state index in [9.17, 15) is 19.6 Å². The number of likely N-dealkylation sites (N-methyl/N-ethyl adjacent to an activating group) is 1. The van der Waals surface area contributed by atoms with Gasteiger partial charge in [-0.15, -0.1) is 0 Å². The number of rotatable bonds is 6. The van der Waals surface area contributed by atoms with Crippen molar-refractivity contribution in [2.45, 2.75) is 62.9 Å². The Morgan fingerprint density at radius 1 is 1.18 bits per heavy atom. The van der Waals surface area contributed by atoms with Crippen LogP contribution in [0, 0.1) is 17.2 Å². The molecular weight excluding hydrogens is 490 g/mol. The van der Waals surface area contributed by atoms with Gasteiger partial charge in [0.2, 0.25) is 11.8 Å². The van der Waals surface area contributed by atoms with Crippen LogP contribution in [-0.4, -0.2) is 58.2 Å². The molecule has 200 valence electrons. The third-order valence-electron chi connectivity index (χ3n) is 8.63. The Bertz CT molecular complexity index is 1530. The zero-order valence-corrected chi connectivity index (χ0v) is 22.5. The highest BCUT2D eigenvalue weighted by Crippen LogP contribution is 2.47. The number of likely N-dealkylation sites (tertiary alicyclic amines) is 1. The minimum atomic E-state index is -0.964. The normalized spacial score (nSPS) is 22.7. The molecule has 0 radical (unpaired) electrons. The Morgan fingerprint density at radius 2 is 1.95 bits per heavy atom. The predicted molar refractivity (Wildman–Crippen MR) is 148 cm³/mol. The first-order valence-electron chi connectivity index (χ1n) is 13.7. The fourth-order valence-corrected chi connectivity index (χ4v) is 6.42. The first-order chi connectivity index (χ1) is 18.7. The lowest BCUT2D eigenvalue weighted by molar-refractivity contribution is -0.136. The molecule has 3 aromatic rings. The van der Waals surface area contributed by atoms with Gasteiger partial charge in [-0.1, -0.05) is 44.2 Å². The van der Waals surface area contributed by atoms with Crippen LogP contribution in [0.2, 0.25) is 0 Å². The van der Waals surface area contributed by atoms with Gasteiger partial charge in [-0.25, -0.2) is 0 Å². The fraction of sp³-hybridized carbons (Fsp3) is 0.419. The number of nitrogens with zero attached hydrogens (tertiary/aromatic N) is 3. The number of carbonyl (C=O) groups is 3. The Kier molecular flexibility index (Phi) is 5.98. The summed E-state index contributed by atoms with van der Waals surface area (Å²) in [6.07, 6.45) is 3.01. The van der Waals surface area contributed by atoms with Crippen LogP contribution in [0.15, 0.2) is 48.5 Å². The summed E-state index contributed by atoms with van der Waals surface area (Å²) in [4.78, 5) is 47.4. The molecule has 1 aliphatic carbocycles. The molecule has 8 nitrogen and oxygen atoms in total. The van der Waals surface area contributed by atoms with Crippen molar-refractivity contribution in [3.8, 4) is 6.07 Å². The average Bonchev–Trinajstić information content (AvgIpc) is 3.45. The van der Waals surface area contributed by atoms with Gasteiger partial charge in [0, 0.05) is 36.6 Å². The fourth-order valence-electron chi connectivity index (χ4n) is 6.42. The van der Waals surface area contributed by atoms with Crippen molar-refractivity contribution in [2.24, 2.45) is 5.92 Å². The van der Waals surface area contributed by atoms with E-state index in [0.29, 0.717) is 18.0 Å². The second kappa shape index (κ2) is 9.26. The van der Waals surface area contributed by atoms with E-state index in [2.05, 4.69) is 22.4 Å². The molecule has 2 aromatic carbocycles. The third-order valence-corrected chi connectivity index (χ3v) is 8.63. The van der Waals surface area contributed by atoms with E-state index in [0.717, 1.165) is 22.2 Å². The van der Waals surface area contributed by atoms with Gasteiger partial charge in [-0.05, 0) is 60.4 Å². The molecule has 6 rings (SSSR count). The van der Waals surface area contributed by atoms with Crippen molar-refractivity contribution in [3.63, 3.8) is 0 Å². The van der Waals surface area contributed by atoms with Crippen LogP contribution in [0.5, 0.6) is 0 Å². The van der Waals surface area contributed by atoms with E-state index >= 15 is 0 Å². The van der Waals surface area contributed by atoms with Gasteiger partial charge in [0.05, 0.1) is 11.5 Å². The van der Waals surface area contributed by atoms with Gasteiger partial charge >= 0.3 is 0 Å². The number of H-pyrrole nitrogens is 1. The monoisotopic (exact) mass is 523 g/mol. The molecule has 0 unspecified atom stereocenters. The molecule has 2 aliphatic heterocycles. The quantitative estimate of drug-likeness (QED) is 0.494. The van der Waals surface area contributed by atoms with Crippen LogP contribution in [0.25, 0.3) is 10.9 Å². The summed E-state index contributed by atoms with van der Waals surface area (Å²) < 4.78 is 0. The molecule has 3 aliphatic rings. The number of nitrogens with one attached hydrogen (secondary N) is 2. The summed E-state index contributed by atoms with van der Waals surface area (Å²) in [6.45, 7) is 4.13. The Balaban J connectivity index is 1.30. The topological polar surface area (TPSA) is 109 Å². The Morgan fingerprint density at radius 3 is 2.67 bits per heavy atom. The maximum Gasteiger partial charge on any atom is 0.270 e. The standard InChI is InChI=1S/C31H33N5O3/c1-18(2)13-27(35(3)28(37)26-14-22-21(19-11-12-19)7-6-10-24(22)33-26)29(38)36-17-31(15-20(36)16-32)23-8-4-5-9-25(23)34-30(31)39/h4-10,14,18-20,27,33H,11-13,15,17H2,1-3H3,(H,34,39)/t20-,27-,31-/m0/s1. The van der Waals surface area contributed by atoms with Gasteiger partial charge in [0.25, 0.3) is 5.91 Å². The number of carbonyl (C=O) groups excluding carboxylic acids is 3. The van der Waals surface area contributed by atoms with Crippen LogP contribution in [0.3, 0.4) is 0 Å². The van der Waals surface area contributed by atoms with E-state index in [1.165, 1.54) is 28.2 Å². The molecule has 3 atom stereocenters. The minimum Gasteiger partial charge on any atom is -0.351 e. The Labute approximate surface area is 228 Å². The maximum absolute atomic E-state index is 14.1. The highest BCUT2D eigenvalue weighted by Gasteiger charge is 2.56. The highest BCUT2D eigenvalue weighted by molar-refractivity contribution is 6.07. The Hall–Kier alpha value is -4.12. The molecule has 0 bridgehead atoms. The van der Waals surface area contributed by atoms with E-state index < -0.39 is 17.5 Å². The van der Waals surface area contributed by atoms with Crippen molar-refractivity contribution in [1.29, 1.82) is 5.26 Å². The number of nitriles is 1. The van der Waals surface area contributed by atoms with Crippen molar-refractivity contribution in [3.05, 3.63) is 65.4 Å². The van der Waals surface area contributed by atoms with Gasteiger partial charge in [-0.3, -0.25) is 14.4 Å². The number of hydrogen-bond acceptors (Lipinski definition) is 4. The van der Waals surface area contributed by atoms with Gasteiger partial charge < -0.3 is 20.1 Å². The summed E-state index contributed by atoms with van der Waals surface area (Å²) in [7, 11) is 1.66. The van der Waals surface area contributed by atoms with Crippen LogP contribution < -0.4 is 5.32 Å². The number of amides is 3. The summed E-state index contributed by atoms with van der Waals surface area (Å²) in [5.41, 5.74) is 3.20. The van der Waals surface area contributed by atoms with E-state index in [4.69, 9.17) is 0 Å². The summed E-state index contributed by atoms with van der Waals surface area (Å²) in [5, 5.41) is 14.0. The number of aromatic nitrogens is 1. The van der Waals surface area contributed by atoms with Crippen molar-refractivity contribution >= 4 is 34.3 Å². The number of para-hydroxylation sites is 1. The van der Waals surface area contributed by atoms with Crippen LogP contribution >= 0.6 is 0 Å². The lowest BCUT2D eigenvalue weighted by Gasteiger charge is -2.33. The first kappa shape index (κ1) is 25.2. The molecule has 39 heavy (non-hydrogen) atoms. The van der Waals surface area contributed by atoms with Crippen molar-refractivity contribution in [2.75, 3.05) is 18.9 Å². The number of fused-ring (bicyclic) bond motifs is 3. The zero-order chi connectivity index (χ0) is 27.5. The summed E-state index contributed by atoms with van der Waals surface area (Å²) in [5.74, 6) is -0.0725. The molecule has 3 amide bonds. The molecule has 3 heterocycles. The largest absolute Gasteiger partial charge is 0.351 e. The second-order valence-electron chi connectivity index (χ2n) is 11.7. The van der Waals surface area contributed by atoms with Gasteiger partial charge in [0.15, 0.2) is 0 Å². The van der Waals surface area contributed by atoms with E-state index in [1.54, 1.807) is 7.05 Å². The number of hydrogen-bond donors (Lipinski definition) is 2. The molecule has 1 aromatic heterocycles. The van der Waals surface area contributed by atoms with Gasteiger partial charge in [0.1, 0.15) is 17.8 Å². The second-order valence-corrected chi connectivity index (χ2v) is 11.7. The SMILES string of the molecule is CC(C)C[C@@H](C(=O)N1C[C@]2(C[C@H]1C#N)C(=O)Nc1ccccc12)N(C)C(=O)c1cc2c(C3CC3)cccc2[nH]1. The number of anilines is 1. The van der Waals surface area contributed by atoms with Crippen molar-refractivity contribution < 1.29 is 14.4 Å². The average molecular weight is 524 g/mol. The minimum absolute atomic E-state index is 0.112. The van der Waals surface area contributed by atoms with Crippen molar-refractivity contribution in [1.82, 2.24) is 14.8 Å². The molecule has 2 N–H and O–H groups in total. The molecule has 1 saturated heterocycles.